The number of alkyl halides is 2. The van der Waals surface area contributed by atoms with E-state index in [0.29, 0.717) is 17.7 Å². The van der Waals surface area contributed by atoms with Gasteiger partial charge < -0.3 is 9.57 Å². The monoisotopic (exact) mass is 315 g/mol. The van der Waals surface area contributed by atoms with Crippen LogP contribution in [0.5, 0.6) is 0 Å². The molecule has 0 saturated heterocycles. The van der Waals surface area contributed by atoms with Crippen molar-refractivity contribution >= 4 is 11.9 Å². The summed E-state index contributed by atoms with van der Waals surface area (Å²) in [5.41, 5.74) is 0.104. The van der Waals surface area contributed by atoms with Crippen molar-refractivity contribution in [3.05, 3.63) is 27.9 Å². The molecule has 0 spiro atoms. The van der Waals surface area contributed by atoms with E-state index in [1.165, 1.54) is 13.3 Å². The van der Waals surface area contributed by atoms with Crippen LogP contribution in [0.3, 0.4) is 0 Å². The molecule has 120 valence electrons. The van der Waals surface area contributed by atoms with Gasteiger partial charge in [-0.2, -0.15) is 18.1 Å². The first-order chi connectivity index (χ1) is 10.5. The molecule has 1 aromatic rings. The molecule has 1 heterocycles. The predicted molar refractivity (Wildman–Crippen MR) is 73.0 cm³/mol. The van der Waals surface area contributed by atoms with Crippen molar-refractivity contribution in [3.8, 4) is 0 Å². The van der Waals surface area contributed by atoms with Crippen molar-refractivity contribution in [2.45, 2.75) is 26.4 Å². The fraction of sp³-hybridized carbons (Fsp3) is 0.500. The first-order valence-corrected chi connectivity index (χ1v) is 6.51. The van der Waals surface area contributed by atoms with E-state index in [9.17, 15) is 13.6 Å². The van der Waals surface area contributed by atoms with Crippen molar-refractivity contribution in [2.24, 2.45) is 12.2 Å². The van der Waals surface area contributed by atoms with Crippen LogP contribution in [-0.4, -0.2) is 39.2 Å². The maximum Gasteiger partial charge on any atom is 0.387 e. The second-order valence-corrected chi connectivity index (χ2v) is 4.34. The third-order valence-corrected chi connectivity index (χ3v) is 2.92. The molecule has 10 heteroatoms. The van der Waals surface area contributed by atoms with Crippen LogP contribution < -0.4 is 5.69 Å². The average molecular weight is 315 g/mol. The highest BCUT2D eigenvalue weighted by molar-refractivity contribution is 5.66. The molecule has 0 N–H and O–H groups in total. The number of nitrogens with zero attached hydrogens (tertiary/aromatic N) is 5. The number of hydrogen-bond acceptors (Lipinski definition) is 6. The summed E-state index contributed by atoms with van der Waals surface area (Å²) in [7, 11) is 1.44. The lowest BCUT2D eigenvalue weighted by Gasteiger charge is -2.20. The normalized spacial score (nSPS) is 15.6. The van der Waals surface area contributed by atoms with Gasteiger partial charge in [0.2, 0.25) is 0 Å². The molecule has 8 nitrogen and oxygen atoms in total. The molecule has 0 aliphatic heterocycles. The quantitative estimate of drug-likeness (QED) is 0.580. The number of aromatic nitrogens is 4. The van der Waals surface area contributed by atoms with E-state index in [2.05, 4.69) is 20.3 Å². The second-order valence-electron chi connectivity index (χ2n) is 4.34. The fourth-order valence-corrected chi connectivity index (χ4v) is 2.00. The maximum absolute atomic E-state index is 12.5. The number of rotatable bonds is 6. The van der Waals surface area contributed by atoms with Crippen LogP contribution in [-0.2, 0) is 16.6 Å². The Balaban J connectivity index is 2.41. The SMILES string of the molecule is C/C=N/OCC1=C(OC(F)F)CCC=C1n1nnn(C)c1=O. The van der Waals surface area contributed by atoms with Crippen molar-refractivity contribution in [1.82, 2.24) is 19.8 Å². The molecule has 1 aliphatic carbocycles. The smallest absolute Gasteiger partial charge is 0.387 e. The second kappa shape index (κ2) is 6.96. The van der Waals surface area contributed by atoms with E-state index in [-0.39, 0.29) is 18.8 Å². The van der Waals surface area contributed by atoms with Gasteiger partial charge in [0.05, 0.1) is 11.3 Å². The number of ether oxygens (including phenoxy) is 1. The van der Waals surface area contributed by atoms with E-state index >= 15 is 0 Å². The summed E-state index contributed by atoms with van der Waals surface area (Å²) < 4.78 is 31.7. The molecule has 0 bridgehead atoms. The van der Waals surface area contributed by atoms with Gasteiger partial charge in [-0.15, -0.1) is 0 Å². The van der Waals surface area contributed by atoms with Crippen molar-refractivity contribution in [1.29, 1.82) is 0 Å². The number of halogens is 2. The zero-order chi connectivity index (χ0) is 16.1. The van der Waals surface area contributed by atoms with Gasteiger partial charge >= 0.3 is 12.3 Å². The third-order valence-electron chi connectivity index (χ3n) is 2.92. The van der Waals surface area contributed by atoms with Gasteiger partial charge in [0.15, 0.2) is 0 Å². The largest absolute Gasteiger partial charge is 0.439 e. The molecule has 0 atom stereocenters. The summed E-state index contributed by atoms with van der Waals surface area (Å²) in [5.74, 6) is 0.0522. The minimum Gasteiger partial charge on any atom is -0.439 e. The lowest BCUT2D eigenvalue weighted by Crippen LogP contribution is -2.26. The van der Waals surface area contributed by atoms with Crippen molar-refractivity contribution in [3.63, 3.8) is 0 Å². The molecule has 0 aromatic carbocycles. The Hall–Kier alpha value is -2.52. The number of hydrogen-bond donors (Lipinski definition) is 0. The Morgan fingerprint density at radius 1 is 1.50 bits per heavy atom. The minimum atomic E-state index is -2.96. The molecule has 0 radical (unpaired) electrons. The summed E-state index contributed by atoms with van der Waals surface area (Å²) in [6.07, 6.45) is 3.82. The molecule has 0 amide bonds. The topological polar surface area (TPSA) is 83.5 Å². The van der Waals surface area contributed by atoms with E-state index in [1.54, 1.807) is 13.0 Å². The van der Waals surface area contributed by atoms with Crippen LogP contribution in [0.4, 0.5) is 8.78 Å². The van der Waals surface area contributed by atoms with Gasteiger partial charge in [-0.3, -0.25) is 0 Å². The summed E-state index contributed by atoms with van der Waals surface area (Å²) in [6.45, 7) is -1.44. The Bertz CT molecular complexity index is 675. The molecule has 0 unspecified atom stereocenters. The lowest BCUT2D eigenvalue weighted by molar-refractivity contribution is -0.0998. The van der Waals surface area contributed by atoms with Crippen LogP contribution >= 0.6 is 0 Å². The standard InChI is InChI=1S/C12H15F2N5O3/c1-3-15-21-7-8-9(19-12(20)18(2)16-17-19)5-4-6-10(8)22-11(13)14/h3,5,11H,4,6-7H2,1-2H3/b15-3+. The van der Waals surface area contributed by atoms with Gasteiger partial charge in [-0.25, -0.2) is 4.79 Å². The predicted octanol–water partition coefficient (Wildman–Crippen LogP) is 1.13. The molecule has 0 saturated carbocycles. The van der Waals surface area contributed by atoms with E-state index in [0.717, 1.165) is 9.36 Å². The zero-order valence-corrected chi connectivity index (χ0v) is 12.1. The lowest BCUT2D eigenvalue weighted by atomic mass is 10.0. The summed E-state index contributed by atoms with van der Waals surface area (Å²) in [6, 6.07) is 0. The van der Waals surface area contributed by atoms with Crippen LogP contribution in [0.15, 0.2) is 27.4 Å². The number of tetrazole rings is 1. The number of allylic oxidation sites excluding steroid dienone is 2. The van der Waals surface area contributed by atoms with Crippen LogP contribution in [0.25, 0.3) is 5.70 Å². The molecule has 2 rings (SSSR count). The number of oxime groups is 1. The highest BCUT2D eigenvalue weighted by atomic mass is 19.3. The fourth-order valence-electron chi connectivity index (χ4n) is 2.00. The first-order valence-electron chi connectivity index (χ1n) is 6.51. The summed E-state index contributed by atoms with van der Waals surface area (Å²) >= 11 is 0. The van der Waals surface area contributed by atoms with E-state index in [1.807, 2.05) is 0 Å². The average Bonchev–Trinajstić information content (AvgIpc) is 2.80. The van der Waals surface area contributed by atoms with E-state index < -0.39 is 12.3 Å². The molecular weight excluding hydrogens is 300 g/mol. The van der Waals surface area contributed by atoms with Gasteiger partial charge in [-0.1, -0.05) is 11.2 Å². The highest BCUT2D eigenvalue weighted by Crippen LogP contribution is 2.29. The van der Waals surface area contributed by atoms with Crippen LogP contribution in [0.2, 0.25) is 0 Å². The van der Waals surface area contributed by atoms with E-state index in [4.69, 9.17) is 4.84 Å². The van der Waals surface area contributed by atoms with Crippen LogP contribution in [0, 0.1) is 0 Å². The molecule has 22 heavy (non-hydrogen) atoms. The Kier molecular flexibility index (Phi) is 5.02. The highest BCUT2D eigenvalue weighted by Gasteiger charge is 2.24. The number of aryl methyl sites for hydroxylation is 1. The first kappa shape index (κ1) is 15.9. The molecule has 0 fully saturated rings. The Morgan fingerprint density at radius 3 is 2.86 bits per heavy atom. The Morgan fingerprint density at radius 2 is 2.27 bits per heavy atom. The Labute approximate surface area is 124 Å². The molecule has 1 aromatic heterocycles. The molecule has 1 aliphatic rings. The van der Waals surface area contributed by atoms with Gasteiger partial charge in [-0.05, 0) is 23.8 Å². The van der Waals surface area contributed by atoms with Crippen LogP contribution in [0.1, 0.15) is 19.8 Å². The minimum absolute atomic E-state index is 0.0522. The maximum atomic E-state index is 12.5. The summed E-state index contributed by atoms with van der Waals surface area (Å²) in [4.78, 5) is 17.0. The molecular formula is C12H15F2N5O3. The summed E-state index contributed by atoms with van der Waals surface area (Å²) in [5, 5.41) is 10.9. The zero-order valence-electron chi connectivity index (χ0n) is 12.1. The van der Waals surface area contributed by atoms with Gasteiger partial charge in [0.1, 0.15) is 12.4 Å². The van der Waals surface area contributed by atoms with Gasteiger partial charge in [0, 0.05) is 19.7 Å². The van der Waals surface area contributed by atoms with Gasteiger partial charge in [0.25, 0.3) is 0 Å². The van der Waals surface area contributed by atoms with Crippen molar-refractivity contribution < 1.29 is 18.4 Å². The van der Waals surface area contributed by atoms with Crippen molar-refractivity contribution in [2.75, 3.05) is 6.61 Å². The third kappa shape index (κ3) is 3.38.